The molecule has 0 spiro atoms. The molecule has 116 valence electrons. The minimum Gasteiger partial charge on any atom is -0.481 e. The highest BCUT2D eigenvalue weighted by atomic mass is 16.6. The van der Waals surface area contributed by atoms with E-state index in [2.05, 4.69) is 5.32 Å². The number of carbonyl (C=O) groups is 2. The lowest BCUT2D eigenvalue weighted by Gasteiger charge is -2.23. The van der Waals surface area contributed by atoms with E-state index in [-0.39, 0.29) is 6.42 Å². The molecule has 0 fully saturated rings. The summed E-state index contributed by atoms with van der Waals surface area (Å²) in [7, 11) is 0. The van der Waals surface area contributed by atoms with Gasteiger partial charge in [-0.2, -0.15) is 0 Å². The number of aryl methyl sites for hydroxylation is 1. The molecular weight excluding hydrogens is 270 g/mol. The summed E-state index contributed by atoms with van der Waals surface area (Å²) in [6, 6.07) is 7.21. The fourth-order valence-corrected chi connectivity index (χ4v) is 1.96. The SMILES string of the molecule is Cc1ccccc1C[C@@H](CC(=O)O)NC(=O)OC(C)(C)C. The third-order valence-electron chi connectivity index (χ3n) is 2.87. The van der Waals surface area contributed by atoms with Crippen molar-refractivity contribution < 1.29 is 19.4 Å². The van der Waals surface area contributed by atoms with Crippen LogP contribution >= 0.6 is 0 Å². The minimum absolute atomic E-state index is 0.145. The van der Waals surface area contributed by atoms with Gasteiger partial charge in [0.05, 0.1) is 6.42 Å². The highest BCUT2D eigenvalue weighted by Crippen LogP contribution is 2.13. The Morgan fingerprint density at radius 1 is 1.29 bits per heavy atom. The number of aliphatic carboxylic acids is 1. The van der Waals surface area contributed by atoms with E-state index in [1.54, 1.807) is 20.8 Å². The molecule has 0 radical (unpaired) electrons. The molecular formula is C16H23NO4. The predicted octanol–water partition coefficient (Wildman–Crippen LogP) is 2.91. The summed E-state index contributed by atoms with van der Waals surface area (Å²) in [5.74, 6) is -0.954. The molecule has 5 heteroatoms. The van der Waals surface area contributed by atoms with Crippen LogP contribution in [0.25, 0.3) is 0 Å². The van der Waals surface area contributed by atoms with Gasteiger partial charge in [-0.3, -0.25) is 4.79 Å². The maximum Gasteiger partial charge on any atom is 0.407 e. The van der Waals surface area contributed by atoms with Gasteiger partial charge in [0.25, 0.3) is 0 Å². The molecule has 0 aliphatic carbocycles. The zero-order valence-electron chi connectivity index (χ0n) is 13.0. The first kappa shape index (κ1) is 17.0. The fraction of sp³-hybridized carbons (Fsp3) is 0.500. The summed E-state index contributed by atoms with van der Waals surface area (Å²) in [5.41, 5.74) is 1.47. The number of alkyl carbamates (subject to hydrolysis) is 1. The van der Waals surface area contributed by atoms with Crippen LogP contribution < -0.4 is 5.32 Å². The highest BCUT2D eigenvalue weighted by molar-refractivity contribution is 5.71. The third kappa shape index (κ3) is 6.79. The Labute approximate surface area is 125 Å². The van der Waals surface area contributed by atoms with Crippen LogP contribution in [0.15, 0.2) is 24.3 Å². The van der Waals surface area contributed by atoms with Crippen molar-refractivity contribution in [3.05, 3.63) is 35.4 Å². The highest BCUT2D eigenvalue weighted by Gasteiger charge is 2.21. The van der Waals surface area contributed by atoms with E-state index in [4.69, 9.17) is 9.84 Å². The average Bonchev–Trinajstić information content (AvgIpc) is 2.28. The molecule has 5 nitrogen and oxygen atoms in total. The average molecular weight is 293 g/mol. The molecule has 1 amide bonds. The molecule has 0 bridgehead atoms. The first-order valence-corrected chi connectivity index (χ1v) is 6.93. The van der Waals surface area contributed by atoms with E-state index in [0.29, 0.717) is 6.42 Å². The Morgan fingerprint density at radius 2 is 1.90 bits per heavy atom. The standard InChI is InChI=1S/C16H23NO4/c1-11-7-5-6-8-12(11)9-13(10-14(18)19)17-15(20)21-16(2,3)4/h5-8,13H,9-10H2,1-4H3,(H,17,20)(H,18,19)/t13-/m0/s1. The van der Waals surface area contributed by atoms with Crippen LogP contribution in [-0.4, -0.2) is 28.8 Å². The molecule has 2 N–H and O–H groups in total. The Balaban J connectivity index is 2.75. The first-order valence-electron chi connectivity index (χ1n) is 6.93. The number of carboxylic acid groups (broad SMARTS) is 1. The van der Waals surface area contributed by atoms with Gasteiger partial charge in [-0.25, -0.2) is 4.79 Å². The Morgan fingerprint density at radius 3 is 2.43 bits per heavy atom. The molecule has 0 aromatic heterocycles. The first-order chi connectivity index (χ1) is 9.67. The zero-order valence-corrected chi connectivity index (χ0v) is 13.0. The number of benzene rings is 1. The Hall–Kier alpha value is -2.04. The van der Waals surface area contributed by atoms with E-state index in [9.17, 15) is 9.59 Å². The lowest BCUT2D eigenvalue weighted by molar-refractivity contribution is -0.137. The largest absolute Gasteiger partial charge is 0.481 e. The van der Waals surface area contributed by atoms with Gasteiger partial charge in [0.15, 0.2) is 0 Å². The van der Waals surface area contributed by atoms with Crippen molar-refractivity contribution in [2.75, 3.05) is 0 Å². The smallest absolute Gasteiger partial charge is 0.407 e. The van der Waals surface area contributed by atoms with Crippen molar-refractivity contribution in [2.45, 2.75) is 52.2 Å². The van der Waals surface area contributed by atoms with Gasteiger partial charge in [-0.05, 0) is 45.2 Å². The number of hydrogen-bond acceptors (Lipinski definition) is 3. The lowest BCUT2D eigenvalue weighted by Crippen LogP contribution is -2.41. The molecule has 0 saturated carbocycles. The summed E-state index contributed by atoms with van der Waals surface area (Å²) < 4.78 is 5.17. The van der Waals surface area contributed by atoms with Crippen molar-refractivity contribution in [1.82, 2.24) is 5.32 Å². The van der Waals surface area contributed by atoms with E-state index in [1.807, 2.05) is 31.2 Å². The van der Waals surface area contributed by atoms with Crippen LogP contribution in [0.3, 0.4) is 0 Å². The molecule has 21 heavy (non-hydrogen) atoms. The summed E-state index contributed by atoms with van der Waals surface area (Å²) in [6.07, 6.45) is -0.284. The van der Waals surface area contributed by atoms with Crippen LogP contribution in [0.4, 0.5) is 4.79 Å². The summed E-state index contributed by atoms with van der Waals surface area (Å²) in [6.45, 7) is 7.25. The molecule has 0 heterocycles. The molecule has 1 rings (SSSR count). The van der Waals surface area contributed by atoms with Crippen molar-refractivity contribution in [1.29, 1.82) is 0 Å². The van der Waals surface area contributed by atoms with Gasteiger partial charge < -0.3 is 15.2 Å². The van der Waals surface area contributed by atoms with Gasteiger partial charge in [0.1, 0.15) is 5.60 Å². The van der Waals surface area contributed by atoms with Gasteiger partial charge in [-0.1, -0.05) is 24.3 Å². The van der Waals surface area contributed by atoms with E-state index in [1.165, 1.54) is 0 Å². The number of amides is 1. The Kier molecular flexibility index (Phi) is 5.76. The normalized spacial score (nSPS) is 12.6. The second-order valence-electron chi connectivity index (χ2n) is 6.07. The van der Waals surface area contributed by atoms with Crippen LogP contribution in [0, 0.1) is 6.92 Å². The lowest BCUT2D eigenvalue weighted by atomic mass is 9.99. The van der Waals surface area contributed by atoms with E-state index < -0.39 is 23.7 Å². The summed E-state index contributed by atoms with van der Waals surface area (Å²) >= 11 is 0. The molecule has 1 aromatic rings. The quantitative estimate of drug-likeness (QED) is 0.875. The second-order valence-corrected chi connectivity index (χ2v) is 6.07. The maximum absolute atomic E-state index is 11.8. The van der Waals surface area contributed by atoms with Crippen LogP contribution in [0.1, 0.15) is 38.3 Å². The van der Waals surface area contributed by atoms with Crippen LogP contribution in [0.5, 0.6) is 0 Å². The topological polar surface area (TPSA) is 75.6 Å². The second kappa shape index (κ2) is 7.11. The fourth-order valence-electron chi connectivity index (χ4n) is 1.96. The van der Waals surface area contributed by atoms with Crippen molar-refractivity contribution >= 4 is 12.1 Å². The number of carboxylic acids is 1. The minimum atomic E-state index is -0.954. The van der Waals surface area contributed by atoms with Crippen LogP contribution in [0.2, 0.25) is 0 Å². The monoisotopic (exact) mass is 293 g/mol. The number of carbonyl (C=O) groups excluding carboxylic acids is 1. The molecule has 0 aliphatic rings. The molecule has 0 aliphatic heterocycles. The number of ether oxygens (including phenoxy) is 1. The molecule has 0 saturated heterocycles. The van der Waals surface area contributed by atoms with Crippen molar-refractivity contribution in [2.24, 2.45) is 0 Å². The van der Waals surface area contributed by atoms with E-state index in [0.717, 1.165) is 11.1 Å². The molecule has 1 atom stereocenters. The molecule has 1 aromatic carbocycles. The van der Waals surface area contributed by atoms with Crippen molar-refractivity contribution in [3.63, 3.8) is 0 Å². The van der Waals surface area contributed by atoms with E-state index >= 15 is 0 Å². The van der Waals surface area contributed by atoms with Gasteiger partial charge in [0, 0.05) is 6.04 Å². The zero-order chi connectivity index (χ0) is 16.0. The maximum atomic E-state index is 11.8. The number of hydrogen-bond donors (Lipinski definition) is 2. The van der Waals surface area contributed by atoms with Gasteiger partial charge in [0.2, 0.25) is 0 Å². The predicted molar refractivity (Wildman–Crippen MR) is 80.3 cm³/mol. The van der Waals surface area contributed by atoms with Crippen molar-refractivity contribution in [3.8, 4) is 0 Å². The van der Waals surface area contributed by atoms with Gasteiger partial charge in [-0.15, -0.1) is 0 Å². The third-order valence-corrected chi connectivity index (χ3v) is 2.87. The van der Waals surface area contributed by atoms with Gasteiger partial charge >= 0.3 is 12.1 Å². The number of rotatable bonds is 5. The summed E-state index contributed by atoms with van der Waals surface area (Å²) in [5, 5.41) is 11.6. The molecule has 0 unspecified atom stereocenters. The summed E-state index contributed by atoms with van der Waals surface area (Å²) in [4.78, 5) is 22.8. The van der Waals surface area contributed by atoms with Crippen LogP contribution in [-0.2, 0) is 16.0 Å². The number of nitrogens with one attached hydrogen (secondary N) is 1. The Bertz CT molecular complexity index is 505.